The molecule has 1 rings (SSSR count). The van der Waals surface area contributed by atoms with Crippen LogP contribution in [0.4, 0.5) is 10.5 Å². The number of carboxylic acids is 1. The van der Waals surface area contributed by atoms with E-state index in [0.717, 1.165) is 4.47 Å². The molecule has 0 aliphatic heterocycles. The third-order valence-corrected chi connectivity index (χ3v) is 4.23. The average Bonchev–Trinajstić information content (AvgIpc) is 2.52. The molecule has 7 nitrogen and oxygen atoms in total. The van der Waals surface area contributed by atoms with Crippen molar-refractivity contribution >= 4 is 39.5 Å². The van der Waals surface area contributed by atoms with Crippen molar-refractivity contribution < 1.29 is 19.5 Å². The lowest BCUT2D eigenvalue weighted by Crippen LogP contribution is -2.55. The number of carboxylic acid groups (broad SMARTS) is 1. The molecule has 26 heavy (non-hydrogen) atoms. The van der Waals surface area contributed by atoms with Crippen LogP contribution in [-0.4, -0.2) is 35.1 Å². The van der Waals surface area contributed by atoms with Crippen LogP contribution >= 0.6 is 15.9 Å². The summed E-state index contributed by atoms with van der Waals surface area (Å²) in [5, 5.41) is 17.1. The van der Waals surface area contributed by atoms with Gasteiger partial charge in [-0.25, -0.2) is 9.59 Å². The van der Waals surface area contributed by atoms with E-state index in [2.05, 4.69) is 31.9 Å². The van der Waals surface area contributed by atoms with Crippen molar-refractivity contribution in [1.82, 2.24) is 10.6 Å². The predicted molar refractivity (Wildman–Crippen MR) is 104 cm³/mol. The zero-order chi connectivity index (χ0) is 19.9. The summed E-state index contributed by atoms with van der Waals surface area (Å²) in [5.74, 6) is -1.62. The third-order valence-electron chi connectivity index (χ3n) is 3.70. The number of urea groups is 1. The highest BCUT2D eigenvalue weighted by molar-refractivity contribution is 9.10. The fourth-order valence-electron chi connectivity index (χ4n) is 2.31. The van der Waals surface area contributed by atoms with Crippen LogP contribution in [0.15, 0.2) is 28.7 Å². The Hall–Kier alpha value is -2.09. The molecule has 0 saturated carbocycles. The van der Waals surface area contributed by atoms with E-state index in [4.69, 9.17) is 0 Å². The Labute approximate surface area is 162 Å². The maximum Gasteiger partial charge on any atom is 0.326 e. The smallest absolute Gasteiger partial charge is 0.326 e. The van der Waals surface area contributed by atoms with Crippen molar-refractivity contribution in [2.75, 3.05) is 5.32 Å². The van der Waals surface area contributed by atoms with Crippen LogP contribution in [0, 0.1) is 5.41 Å². The summed E-state index contributed by atoms with van der Waals surface area (Å²) in [4.78, 5) is 36.1. The molecule has 0 spiro atoms. The van der Waals surface area contributed by atoms with E-state index < -0.39 is 35.4 Å². The second-order valence-corrected chi connectivity index (χ2v) is 8.01. The first kappa shape index (κ1) is 22.0. The van der Waals surface area contributed by atoms with Gasteiger partial charge in [-0.15, -0.1) is 0 Å². The summed E-state index contributed by atoms with van der Waals surface area (Å²) < 4.78 is 0.883. The molecule has 0 saturated heterocycles. The van der Waals surface area contributed by atoms with Crippen LogP contribution in [0.1, 0.15) is 40.5 Å². The summed E-state index contributed by atoms with van der Waals surface area (Å²) in [6.07, 6.45) is 1.06. The SMILES string of the molecule is CCC[C@H](NC(=O)Nc1ccc(Br)cc1)C(=O)NC(C(=O)O)C(C)(C)C. The molecule has 8 heteroatoms. The second kappa shape index (κ2) is 9.56. The van der Waals surface area contributed by atoms with Crippen molar-refractivity contribution in [3.05, 3.63) is 28.7 Å². The largest absolute Gasteiger partial charge is 0.480 e. The van der Waals surface area contributed by atoms with E-state index >= 15 is 0 Å². The molecule has 0 aromatic heterocycles. The van der Waals surface area contributed by atoms with Gasteiger partial charge in [-0.1, -0.05) is 50.0 Å². The van der Waals surface area contributed by atoms with Gasteiger partial charge in [0.25, 0.3) is 0 Å². The Balaban J connectivity index is 2.77. The molecule has 3 amide bonds. The molecule has 0 aliphatic rings. The van der Waals surface area contributed by atoms with Gasteiger partial charge in [-0.05, 0) is 36.1 Å². The lowest BCUT2D eigenvalue weighted by atomic mass is 9.86. The fourth-order valence-corrected chi connectivity index (χ4v) is 2.57. The zero-order valence-electron chi connectivity index (χ0n) is 15.4. The van der Waals surface area contributed by atoms with Gasteiger partial charge >= 0.3 is 12.0 Å². The maximum atomic E-state index is 12.5. The molecule has 4 N–H and O–H groups in total. The minimum absolute atomic E-state index is 0.399. The van der Waals surface area contributed by atoms with Gasteiger partial charge in [0.15, 0.2) is 0 Å². The molecule has 0 heterocycles. The summed E-state index contributed by atoms with van der Waals surface area (Å²) in [5.41, 5.74) is -0.0720. The molecule has 1 aromatic rings. The van der Waals surface area contributed by atoms with Gasteiger partial charge < -0.3 is 21.1 Å². The highest BCUT2D eigenvalue weighted by Crippen LogP contribution is 2.20. The predicted octanol–water partition coefficient (Wildman–Crippen LogP) is 3.35. The van der Waals surface area contributed by atoms with E-state index in [9.17, 15) is 19.5 Å². The van der Waals surface area contributed by atoms with Crippen molar-refractivity contribution in [2.24, 2.45) is 5.41 Å². The van der Waals surface area contributed by atoms with Crippen LogP contribution < -0.4 is 16.0 Å². The molecule has 0 radical (unpaired) electrons. The number of hydrogen-bond donors (Lipinski definition) is 4. The number of aliphatic carboxylic acids is 1. The Morgan fingerprint density at radius 2 is 1.69 bits per heavy atom. The first-order valence-corrected chi connectivity index (χ1v) is 9.20. The summed E-state index contributed by atoms with van der Waals surface area (Å²) in [6.45, 7) is 7.07. The molecular formula is C18H26BrN3O4. The molecule has 0 bridgehead atoms. The topological polar surface area (TPSA) is 108 Å². The normalized spacial score (nSPS) is 13.4. The van der Waals surface area contributed by atoms with Crippen LogP contribution in [0.2, 0.25) is 0 Å². The number of carbonyl (C=O) groups excluding carboxylic acids is 2. The molecule has 0 fully saturated rings. The Morgan fingerprint density at radius 1 is 1.12 bits per heavy atom. The quantitative estimate of drug-likeness (QED) is 0.534. The monoisotopic (exact) mass is 427 g/mol. The average molecular weight is 428 g/mol. The number of amides is 3. The maximum absolute atomic E-state index is 12.5. The van der Waals surface area contributed by atoms with Crippen LogP contribution in [0.25, 0.3) is 0 Å². The lowest BCUT2D eigenvalue weighted by Gasteiger charge is -2.29. The molecule has 1 unspecified atom stereocenters. The van der Waals surface area contributed by atoms with Gasteiger partial charge in [0.1, 0.15) is 12.1 Å². The highest BCUT2D eigenvalue weighted by Gasteiger charge is 2.34. The third kappa shape index (κ3) is 7.03. The van der Waals surface area contributed by atoms with Crippen molar-refractivity contribution in [3.63, 3.8) is 0 Å². The van der Waals surface area contributed by atoms with Crippen molar-refractivity contribution in [3.8, 4) is 0 Å². The number of benzene rings is 1. The van der Waals surface area contributed by atoms with Crippen molar-refractivity contribution in [1.29, 1.82) is 0 Å². The number of nitrogens with one attached hydrogen (secondary N) is 3. The van der Waals surface area contributed by atoms with Crippen LogP contribution in [0.5, 0.6) is 0 Å². The fraction of sp³-hybridized carbons (Fsp3) is 0.500. The van der Waals surface area contributed by atoms with Gasteiger partial charge in [-0.2, -0.15) is 0 Å². The number of halogens is 1. The molecule has 2 atom stereocenters. The van der Waals surface area contributed by atoms with E-state index in [-0.39, 0.29) is 0 Å². The first-order chi connectivity index (χ1) is 12.0. The van der Waals surface area contributed by atoms with E-state index in [1.165, 1.54) is 0 Å². The Bertz CT molecular complexity index is 641. The van der Waals surface area contributed by atoms with Gasteiger partial charge in [0, 0.05) is 10.2 Å². The first-order valence-electron chi connectivity index (χ1n) is 8.41. The van der Waals surface area contributed by atoms with E-state index in [1.807, 2.05) is 6.92 Å². The number of hydrogen-bond acceptors (Lipinski definition) is 3. The van der Waals surface area contributed by atoms with E-state index in [1.54, 1.807) is 45.0 Å². The number of anilines is 1. The van der Waals surface area contributed by atoms with Crippen molar-refractivity contribution in [2.45, 2.75) is 52.6 Å². The molecule has 1 aromatic carbocycles. The number of rotatable bonds is 7. The van der Waals surface area contributed by atoms with Crippen LogP contribution in [0.3, 0.4) is 0 Å². The Morgan fingerprint density at radius 3 is 2.15 bits per heavy atom. The molecular weight excluding hydrogens is 402 g/mol. The van der Waals surface area contributed by atoms with Gasteiger partial charge in [0.2, 0.25) is 5.91 Å². The molecule has 144 valence electrons. The standard InChI is InChI=1S/C18H26BrN3O4/c1-5-6-13(15(23)22-14(16(24)25)18(2,3)4)21-17(26)20-12-9-7-11(19)8-10-12/h7-10,13-14H,5-6H2,1-4H3,(H,22,23)(H,24,25)(H2,20,21,26)/t13-,14?/m0/s1. The zero-order valence-corrected chi connectivity index (χ0v) is 17.0. The Kier molecular flexibility index (Phi) is 8.08. The summed E-state index contributed by atoms with van der Waals surface area (Å²) >= 11 is 3.31. The van der Waals surface area contributed by atoms with E-state index in [0.29, 0.717) is 18.5 Å². The highest BCUT2D eigenvalue weighted by atomic mass is 79.9. The van der Waals surface area contributed by atoms with Gasteiger partial charge in [-0.3, -0.25) is 4.79 Å². The van der Waals surface area contributed by atoms with Crippen LogP contribution in [-0.2, 0) is 9.59 Å². The number of carbonyl (C=O) groups is 3. The molecule has 0 aliphatic carbocycles. The van der Waals surface area contributed by atoms with Gasteiger partial charge in [0.05, 0.1) is 0 Å². The minimum Gasteiger partial charge on any atom is -0.480 e. The lowest BCUT2D eigenvalue weighted by molar-refractivity contribution is -0.145. The second-order valence-electron chi connectivity index (χ2n) is 7.09. The summed E-state index contributed by atoms with van der Waals surface area (Å²) in [7, 11) is 0. The minimum atomic E-state index is -1.11. The summed E-state index contributed by atoms with van der Waals surface area (Å²) in [6, 6.07) is 4.62.